The van der Waals surface area contributed by atoms with Crippen LogP contribution in [0.3, 0.4) is 0 Å². The van der Waals surface area contributed by atoms with Gasteiger partial charge in [-0.25, -0.2) is 4.57 Å². The molecule has 1 unspecified atom stereocenters. The van der Waals surface area contributed by atoms with E-state index in [1.807, 2.05) is 0 Å². The van der Waals surface area contributed by atoms with E-state index in [4.69, 9.17) is 9.05 Å². The molecule has 190 valence electrons. The molecule has 0 aromatic heterocycles. The third kappa shape index (κ3) is 6.57. The van der Waals surface area contributed by atoms with Crippen molar-refractivity contribution in [2.75, 3.05) is 7.11 Å². The molecule has 0 fully saturated rings. The number of nitro benzene ring substituents is 3. The first-order valence-corrected chi connectivity index (χ1v) is 10.8. The van der Waals surface area contributed by atoms with Gasteiger partial charge in [0.2, 0.25) is 0 Å². The predicted octanol–water partition coefficient (Wildman–Crippen LogP) is 5.53. The molecule has 2 rings (SSSR count). The molecule has 0 aliphatic rings. The van der Waals surface area contributed by atoms with Crippen LogP contribution in [-0.2, 0) is 37.5 Å². The van der Waals surface area contributed by atoms with Crippen molar-refractivity contribution in [1.29, 1.82) is 0 Å². The van der Waals surface area contributed by atoms with Gasteiger partial charge in [-0.1, -0.05) is 6.07 Å². The lowest BCUT2D eigenvalue weighted by atomic mass is 10.0. The maximum atomic E-state index is 13.5. The first-order valence-electron chi connectivity index (χ1n) is 9.32. The molecule has 0 N–H and O–H groups in total. The van der Waals surface area contributed by atoms with Crippen molar-refractivity contribution in [3.05, 3.63) is 82.4 Å². The molecular weight excluding hydrogens is 506 g/mol. The molecule has 0 saturated carbocycles. The fourth-order valence-corrected chi connectivity index (χ4v) is 3.93. The molecule has 0 amide bonds. The summed E-state index contributed by atoms with van der Waals surface area (Å²) in [5, 5.41) is 33.6. The van der Waals surface area contributed by atoms with E-state index in [2.05, 4.69) is 4.52 Å². The number of halogens is 3. The minimum absolute atomic E-state index is 0.0150. The third-order valence-corrected chi connectivity index (χ3v) is 6.01. The van der Waals surface area contributed by atoms with E-state index in [-0.39, 0.29) is 17.3 Å². The lowest BCUT2D eigenvalue weighted by Gasteiger charge is -2.18. The standard InChI is InChI=1S/C18H17F3N3O10P/c1-10-4-11(2)13(16(5-10)23(27)28)8-33-35(31,32-3)34-9-14-15(18(19,20)21)6-12(22(25)26)7-17(14)24(29)30/h4-7H,8-9H2,1-3H3. The Morgan fingerprint density at radius 1 is 0.857 bits per heavy atom. The number of aryl methyl sites for hydroxylation is 2. The number of nitrogens with zero attached hydrogens (tertiary/aromatic N) is 3. The van der Waals surface area contributed by atoms with E-state index in [0.717, 1.165) is 7.11 Å². The van der Waals surface area contributed by atoms with Gasteiger partial charge >= 0.3 is 14.0 Å². The van der Waals surface area contributed by atoms with E-state index < -0.39 is 64.5 Å². The molecule has 0 bridgehead atoms. The summed E-state index contributed by atoms with van der Waals surface area (Å²) in [5.74, 6) is 0. The Bertz CT molecular complexity index is 1240. The van der Waals surface area contributed by atoms with E-state index in [0.29, 0.717) is 17.2 Å². The molecule has 0 aliphatic carbocycles. The van der Waals surface area contributed by atoms with Crippen LogP contribution in [-0.4, -0.2) is 21.9 Å². The van der Waals surface area contributed by atoms with E-state index in [9.17, 15) is 48.1 Å². The lowest BCUT2D eigenvalue weighted by Crippen LogP contribution is -2.13. The zero-order valence-corrected chi connectivity index (χ0v) is 19.1. The number of hydrogen-bond donors (Lipinski definition) is 0. The first kappa shape index (κ1) is 27.8. The molecule has 2 aromatic carbocycles. The van der Waals surface area contributed by atoms with Crippen molar-refractivity contribution in [2.24, 2.45) is 0 Å². The topological polar surface area (TPSA) is 174 Å². The first-order chi connectivity index (χ1) is 16.1. The minimum Gasteiger partial charge on any atom is -0.290 e. The van der Waals surface area contributed by atoms with Gasteiger partial charge in [0, 0.05) is 19.2 Å². The van der Waals surface area contributed by atoms with Crippen LogP contribution in [0.1, 0.15) is 27.8 Å². The van der Waals surface area contributed by atoms with Crippen LogP contribution in [0.25, 0.3) is 0 Å². The molecule has 0 aliphatic heterocycles. The maximum absolute atomic E-state index is 13.5. The highest BCUT2D eigenvalue weighted by Gasteiger charge is 2.40. The predicted molar refractivity (Wildman–Crippen MR) is 112 cm³/mol. The Balaban J connectivity index is 2.42. The molecule has 0 radical (unpaired) electrons. The van der Waals surface area contributed by atoms with Crippen molar-refractivity contribution in [3.8, 4) is 0 Å². The van der Waals surface area contributed by atoms with E-state index in [1.54, 1.807) is 13.0 Å². The van der Waals surface area contributed by atoms with Crippen molar-refractivity contribution in [1.82, 2.24) is 0 Å². The van der Waals surface area contributed by atoms with E-state index in [1.165, 1.54) is 13.0 Å². The summed E-state index contributed by atoms with van der Waals surface area (Å²) in [6.45, 7) is 1.06. The zero-order valence-electron chi connectivity index (χ0n) is 18.2. The summed E-state index contributed by atoms with van der Waals surface area (Å²) >= 11 is 0. The molecule has 0 saturated heterocycles. The van der Waals surface area contributed by atoms with Gasteiger partial charge in [0.25, 0.3) is 17.1 Å². The molecule has 0 spiro atoms. The molecule has 1 atom stereocenters. The monoisotopic (exact) mass is 523 g/mol. The minimum atomic E-state index is -5.27. The Hall–Kier alpha value is -3.46. The molecule has 35 heavy (non-hydrogen) atoms. The summed E-state index contributed by atoms with van der Waals surface area (Å²) < 4.78 is 67.8. The molecule has 13 nitrogen and oxygen atoms in total. The third-order valence-electron chi connectivity index (χ3n) is 4.67. The summed E-state index contributed by atoms with van der Waals surface area (Å²) in [4.78, 5) is 30.3. The largest absolute Gasteiger partial charge is 0.475 e. The van der Waals surface area contributed by atoms with Gasteiger partial charge in [0.15, 0.2) is 0 Å². The number of phosphoric acid groups is 1. The molecule has 17 heteroatoms. The lowest BCUT2D eigenvalue weighted by molar-refractivity contribution is -0.395. The second-order valence-electron chi connectivity index (χ2n) is 7.02. The maximum Gasteiger partial charge on any atom is 0.475 e. The van der Waals surface area contributed by atoms with Gasteiger partial charge in [0.05, 0.1) is 50.7 Å². The fraction of sp³-hybridized carbons (Fsp3) is 0.333. The number of alkyl halides is 3. The van der Waals surface area contributed by atoms with Gasteiger partial charge in [-0.2, -0.15) is 13.2 Å². The Morgan fingerprint density at radius 2 is 1.37 bits per heavy atom. The van der Waals surface area contributed by atoms with Crippen LogP contribution in [0.15, 0.2) is 24.3 Å². The Morgan fingerprint density at radius 3 is 1.83 bits per heavy atom. The number of benzene rings is 2. The normalized spacial score (nSPS) is 13.3. The zero-order chi connectivity index (χ0) is 26.7. The SMILES string of the molecule is COP(=O)(OCc1c(C)cc(C)cc1[N+](=O)[O-])OCc1c([N+](=O)[O-])cc([N+](=O)[O-])cc1C(F)(F)F. The number of phosphoric ester groups is 1. The highest BCUT2D eigenvalue weighted by Crippen LogP contribution is 2.52. The molecular formula is C18H17F3N3O10P. The number of rotatable bonds is 10. The average molecular weight is 523 g/mol. The highest BCUT2D eigenvalue weighted by molar-refractivity contribution is 7.48. The summed E-state index contributed by atoms with van der Waals surface area (Å²) in [7, 11) is -3.90. The second-order valence-corrected chi connectivity index (χ2v) is 8.79. The van der Waals surface area contributed by atoms with Gasteiger partial charge in [-0.15, -0.1) is 0 Å². The molecule has 0 heterocycles. The Kier molecular flexibility index (Phi) is 8.28. The number of non-ortho nitro benzene ring substituents is 1. The molecule has 2 aromatic rings. The van der Waals surface area contributed by atoms with Crippen LogP contribution in [0, 0.1) is 44.2 Å². The van der Waals surface area contributed by atoms with E-state index >= 15 is 0 Å². The quantitative estimate of drug-likeness (QED) is 0.219. The van der Waals surface area contributed by atoms with Crippen molar-refractivity contribution >= 4 is 24.9 Å². The summed E-state index contributed by atoms with van der Waals surface area (Å²) in [5.41, 5.74) is -4.88. The summed E-state index contributed by atoms with van der Waals surface area (Å²) in [6, 6.07) is 3.16. The van der Waals surface area contributed by atoms with Crippen LogP contribution >= 0.6 is 7.82 Å². The van der Waals surface area contributed by atoms with Gasteiger partial charge in [-0.05, 0) is 25.0 Å². The number of hydrogen-bond acceptors (Lipinski definition) is 10. The fourth-order valence-electron chi connectivity index (χ4n) is 3.07. The van der Waals surface area contributed by atoms with Gasteiger partial charge < -0.3 is 0 Å². The van der Waals surface area contributed by atoms with Crippen molar-refractivity contribution in [2.45, 2.75) is 33.2 Å². The van der Waals surface area contributed by atoms with Gasteiger partial charge in [0.1, 0.15) is 0 Å². The van der Waals surface area contributed by atoms with Crippen LogP contribution < -0.4 is 0 Å². The summed E-state index contributed by atoms with van der Waals surface area (Å²) in [6.07, 6.45) is -5.27. The van der Waals surface area contributed by atoms with Gasteiger partial charge in [-0.3, -0.25) is 43.9 Å². The number of nitro groups is 3. The van der Waals surface area contributed by atoms with Crippen LogP contribution in [0.4, 0.5) is 30.2 Å². The van der Waals surface area contributed by atoms with Crippen molar-refractivity contribution in [3.63, 3.8) is 0 Å². The van der Waals surface area contributed by atoms with Crippen molar-refractivity contribution < 1.29 is 46.1 Å². The highest BCUT2D eigenvalue weighted by atomic mass is 31.2. The van der Waals surface area contributed by atoms with Crippen LogP contribution in [0.2, 0.25) is 0 Å². The van der Waals surface area contributed by atoms with Crippen LogP contribution in [0.5, 0.6) is 0 Å². The second kappa shape index (κ2) is 10.4. The Labute approximate surface area is 194 Å². The average Bonchev–Trinajstić information content (AvgIpc) is 2.75. The smallest absolute Gasteiger partial charge is 0.290 e.